The van der Waals surface area contributed by atoms with Gasteiger partial charge in [0.15, 0.2) is 11.6 Å². The van der Waals surface area contributed by atoms with Crippen molar-refractivity contribution in [2.45, 2.75) is 19.9 Å². The van der Waals surface area contributed by atoms with Crippen molar-refractivity contribution < 1.29 is 19.0 Å². The first-order valence-corrected chi connectivity index (χ1v) is 7.81. The number of nitrogens with one attached hydrogen (secondary N) is 1. The molecule has 1 aliphatic heterocycles. The molecule has 3 heterocycles. The van der Waals surface area contributed by atoms with Crippen LogP contribution in [0.2, 0.25) is 0 Å². The van der Waals surface area contributed by atoms with Gasteiger partial charge < -0.3 is 15.2 Å². The number of hydrogen-bond acceptors (Lipinski definition) is 5. The summed E-state index contributed by atoms with van der Waals surface area (Å²) in [5.41, 5.74) is 2.42. The Morgan fingerprint density at radius 3 is 3.04 bits per heavy atom. The van der Waals surface area contributed by atoms with Gasteiger partial charge >= 0.3 is 6.09 Å². The number of carbonyl (C=O) groups is 1. The highest BCUT2D eigenvalue weighted by Crippen LogP contribution is 2.33. The van der Waals surface area contributed by atoms with E-state index in [0.717, 1.165) is 22.4 Å². The first kappa shape index (κ1) is 15.5. The predicted octanol–water partition coefficient (Wildman–Crippen LogP) is 2.84. The van der Waals surface area contributed by atoms with E-state index in [1.54, 1.807) is 6.92 Å². The molecule has 7 nitrogen and oxygen atoms in total. The summed E-state index contributed by atoms with van der Waals surface area (Å²) in [5.74, 6) is -0.268. The first-order chi connectivity index (χ1) is 12.1. The number of rotatable bonds is 2. The second-order valence-electron chi connectivity index (χ2n) is 5.85. The van der Waals surface area contributed by atoms with Crippen molar-refractivity contribution in [1.29, 1.82) is 0 Å². The minimum Gasteiger partial charge on any atom is -0.464 e. The van der Waals surface area contributed by atoms with Gasteiger partial charge in [0.25, 0.3) is 0 Å². The maximum atomic E-state index is 14.9. The topological polar surface area (TPSA) is 89.3 Å². The molecule has 4 rings (SSSR count). The molecular weight excluding hydrogens is 327 g/mol. The van der Waals surface area contributed by atoms with Crippen molar-refractivity contribution in [3.63, 3.8) is 0 Å². The number of nitrogens with zero attached hydrogens (tertiary/aromatic N) is 3. The van der Waals surface area contributed by atoms with Crippen molar-refractivity contribution >= 4 is 17.0 Å². The van der Waals surface area contributed by atoms with Crippen LogP contribution >= 0.6 is 0 Å². The third-order valence-electron chi connectivity index (χ3n) is 4.31. The molecule has 0 saturated heterocycles. The fourth-order valence-electron chi connectivity index (χ4n) is 3.14. The average Bonchev–Trinajstić information content (AvgIpc) is 2.95. The van der Waals surface area contributed by atoms with Crippen LogP contribution in [0.25, 0.3) is 10.9 Å². The number of carboxylic acid groups (broad SMARTS) is 1. The van der Waals surface area contributed by atoms with Gasteiger partial charge in [0.1, 0.15) is 6.33 Å². The van der Waals surface area contributed by atoms with Gasteiger partial charge in [-0.25, -0.2) is 23.7 Å². The molecule has 0 fully saturated rings. The summed E-state index contributed by atoms with van der Waals surface area (Å²) in [5, 5.41) is 12.7. The monoisotopic (exact) mass is 342 g/mol. The van der Waals surface area contributed by atoms with Crippen LogP contribution in [-0.2, 0) is 13.0 Å². The SMILES string of the molecule is Cc1cc2c(F)c(Oc3ncnc4c3CCNC4)ccc2n1C(=O)O. The van der Waals surface area contributed by atoms with Crippen molar-refractivity contribution in [2.24, 2.45) is 0 Å². The lowest BCUT2D eigenvalue weighted by molar-refractivity contribution is 0.197. The largest absolute Gasteiger partial charge is 0.464 e. The Labute approximate surface area is 142 Å². The van der Waals surface area contributed by atoms with E-state index in [0.29, 0.717) is 24.5 Å². The summed E-state index contributed by atoms with van der Waals surface area (Å²) >= 11 is 0. The highest BCUT2D eigenvalue weighted by molar-refractivity contribution is 5.91. The summed E-state index contributed by atoms with van der Waals surface area (Å²) in [6.45, 7) is 3.01. The van der Waals surface area contributed by atoms with E-state index in [1.165, 1.54) is 24.5 Å². The van der Waals surface area contributed by atoms with Crippen LogP contribution in [0.5, 0.6) is 11.6 Å². The molecule has 25 heavy (non-hydrogen) atoms. The Balaban J connectivity index is 1.79. The molecule has 0 saturated carbocycles. The van der Waals surface area contributed by atoms with Gasteiger partial charge in [0, 0.05) is 23.2 Å². The Kier molecular flexibility index (Phi) is 3.61. The van der Waals surface area contributed by atoms with Crippen LogP contribution < -0.4 is 10.1 Å². The smallest absolute Gasteiger partial charge is 0.416 e. The Bertz CT molecular complexity index is 999. The fourth-order valence-corrected chi connectivity index (χ4v) is 3.14. The zero-order chi connectivity index (χ0) is 17.6. The van der Waals surface area contributed by atoms with E-state index in [1.807, 2.05) is 0 Å². The van der Waals surface area contributed by atoms with Gasteiger partial charge in [-0.05, 0) is 38.1 Å². The van der Waals surface area contributed by atoms with Crippen LogP contribution in [0.1, 0.15) is 17.0 Å². The number of aryl methyl sites for hydroxylation is 1. The van der Waals surface area contributed by atoms with Gasteiger partial charge in [-0.15, -0.1) is 0 Å². The second kappa shape index (κ2) is 5.82. The number of fused-ring (bicyclic) bond motifs is 2. The van der Waals surface area contributed by atoms with E-state index >= 15 is 0 Å². The normalized spacial score (nSPS) is 13.7. The minimum absolute atomic E-state index is 0.00877. The van der Waals surface area contributed by atoms with Crippen LogP contribution in [0.4, 0.5) is 9.18 Å². The molecule has 0 unspecified atom stereocenters. The molecule has 1 aliphatic rings. The standard InChI is InChI=1S/C17H15FN4O3/c1-9-6-11-13(22(9)17(23)24)2-3-14(15(11)18)25-16-10-4-5-19-7-12(10)20-8-21-16/h2-3,6,8,19H,4-5,7H2,1H3,(H,23,24). The number of hydrogen-bond donors (Lipinski definition) is 2. The van der Waals surface area contributed by atoms with E-state index in [2.05, 4.69) is 15.3 Å². The predicted molar refractivity (Wildman–Crippen MR) is 87.6 cm³/mol. The minimum atomic E-state index is -1.15. The van der Waals surface area contributed by atoms with Crippen molar-refractivity contribution in [3.8, 4) is 11.6 Å². The lowest BCUT2D eigenvalue weighted by Gasteiger charge is -2.18. The van der Waals surface area contributed by atoms with Crippen LogP contribution in [0.15, 0.2) is 24.5 Å². The van der Waals surface area contributed by atoms with Gasteiger partial charge in [-0.1, -0.05) is 0 Å². The Morgan fingerprint density at radius 1 is 1.40 bits per heavy atom. The molecule has 1 aromatic carbocycles. The summed E-state index contributed by atoms with van der Waals surface area (Å²) in [6.07, 6.45) is 0.935. The summed E-state index contributed by atoms with van der Waals surface area (Å²) in [7, 11) is 0. The molecule has 0 amide bonds. The molecule has 0 spiro atoms. The zero-order valence-electron chi connectivity index (χ0n) is 13.4. The average molecular weight is 342 g/mol. The molecule has 0 atom stereocenters. The number of aromatic nitrogens is 3. The van der Waals surface area contributed by atoms with E-state index in [4.69, 9.17) is 4.74 Å². The summed E-state index contributed by atoms with van der Waals surface area (Å²) in [6, 6.07) is 4.45. The first-order valence-electron chi connectivity index (χ1n) is 7.81. The van der Waals surface area contributed by atoms with Gasteiger partial charge in [0.2, 0.25) is 5.88 Å². The maximum absolute atomic E-state index is 14.9. The summed E-state index contributed by atoms with van der Waals surface area (Å²) < 4.78 is 21.6. The number of ether oxygens (including phenoxy) is 1. The second-order valence-corrected chi connectivity index (χ2v) is 5.85. The highest BCUT2D eigenvalue weighted by atomic mass is 19.1. The maximum Gasteiger partial charge on any atom is 0.416 e. The van der Waals surface area contributed by atoms with E-state index in [9.17, 15) is 14.3 Å². The van der Waals surface area contributed by atoms with E-state index in [-0.39, 0.29) is 16.7 Å². The Hall–Kier alpha value is -3.00. The van der Waals surface area contributed by atoms with Crippen molar-refractivity contribution in [2.75, 3.05) is 6.54 Å². The lowest BCUT2D eigenvalue weighted by Crippen LogP contribution is -2.25. The van der Waals surface area contributed by atoms with Crippen LogP contribution in [0, 0.1) is 12.7 Å². The highest BCUT2D eigenvalue weighted by Gasteiger charge is 2.20. The number of benzene rings is 1. The van der Waals surface area contributed by atoms with Gasteiger partial charge in [-0.2, -0.15) is 0 Å². The molecule has 8 heteroatoms. The lowest BCUT2D eigenvalue weighted by atomic mass is 10.1. The molecule has 0 bridgehead atoms. The molecular formula is C17H15FN4O3. The molecule has 128 valence electrons. The fraction of sp³-hybridized carbons (Fsp3) is 0.235. The van der Waals surface area contributed by atoms with Crippen molar-refractivity contribution in [1.82, 2.24) is 19.9 Å². The molecule has 2 N–H and O–H groups in total. The zero-order valence-corrected chi connectivity index (χ0v) is 13.4. The van der Waals surface area contributed by atoms with Crippen LogP contribution in [-0.4, -0.2) is 32.3 Å². The third-order valence-corrected chi connectivity index (χ3v) is 4.31. The Morgan fingerprint density at radius 2 is 2.24 bits per heavy atom. The van der Waals surface area contributed by atoms with Crippen molar-refractivity contribution in [3.05, 3.63) is 47.3 Å². The molecule has 2 aromatic heterocycles. The van der Waals surface area contributed by atoms with Gasteiger partial charge in [0.05, 0.1) is 11.2 Å². The number of halogens is 1. The molecule has 0 aliphatic carbocycles. The molecule has 0 radical (unpaired) electrons. The van der Waals surface area contributed by atoms with Gasteiger partial charge in [-0.3, -0.25) is 0 Å². The quantitative estimate of drug-likeness (QED) is 0.744. The summed E-state index contributed by atoms with van der Waals surface area (Å²) in [4.78, 5) is 19.7. The van der Waals surface area contributed by atoms with E-state index < -0.39 is 11.9 Å². The third kappa shape index (κ3) is 2.51. The molecule has 3 aromatic rings. The van der Waals surface area contributed by atoms with Crippen LogP contribution in [0.3, 0.4) is 0 Å².